The number of nitrogens with one attached hydrogen (secondary N) is 1. The maximum Gasteiger partial charge on any atom is 0.277 e. The third-order valence-electron chi connectivity index (χ3n) is 6.68. The molecule has 3 aromatic rings. The lowest BCUT2D eigenvalue weighted by Crippen LogP contribution is -2.65. The number of anilines is 1. The van der Waals surface area contributed by atoms with Gasteiger partial charge < -0.3 is 5.32 Å². The number of carbonyl (C=O) groups excluding carboxylic acids is 2. The molecule has 1 aliphatic heterocycles. The molecule has 1 saturated carbocycles. The summed E-state index contributed by atoms with van der Waals surface area (Å²) in [5.41, 5.74) is 2.10. The topological polar surface area (TPSA) is 67.2 Å². The fourth-order valence-electron chi connectivity index (χ4n) is 4.86. The summed E-state index contributed by atoms with van der Waals surface area (Å²) in [6.07, 6.45) is 5.13. The zero-order valence-corrected chi connectivity index (χ0v) is 19.3. The smallest absolute Gasteiger partial charge is 0.277 e. The minimum Gasteiger partial charge on any atom is -0.351 e. The second-order valence-corrected chi connectivity index (χ2v) is 9.89. The van der Waals surface area contributed by atoms with E-state index in [2.05, 4.69) is 12.2 Å². The summed E-state index contributed by atoms with van der Waals surface area (Å²) in [6, 6.07) is 13.9. The summed E-state index contributed by atoms with van der Waals surface area (Å²) >= 11 is 1.59. The molecule has 1 fully saturated rings. The molecule has 0 spiro atoms. The van der Waals surface area contributed by atoms with Gasteiger partial charge in [0.25, 0.3) is 5.91 Å². The number of aromatic nitrogens is 2. The Morgan fingerprint density at radius 1 is 1.22 bits per heavy atom. The molecular weight excluding hydrogens is 420 g/mol. The van der Waals surface area contributed by atoms with E-state index < -0.39 is 5.54 Å². The fraction of sp³-hybridized carbons (Fsp3) is 0.400. The molecule has 2 aliphatic rings. The van der Waals surface area contributed by atoms with Gasteiger partial charge in [-0.25, -0.2) is 0 Å². The van der Waals surface area contributed by atoms with E-state index in [1.54, 1.807) is 20.9 Å². The number of amides is 2. The lowest BCUT2D eigenvalue weighted by Gasteiger charge is -2.43. The van der Waals surface area contributed by atoms with Crippen LogP contribution in [-0.2, 0) is 17.8 Å². The first-order chi connectivity index (χ1) is 15.5. The zero-order valence-electron chi connectivity index (χ0n) is 18.5. The van der Waals surface area contributed by atoms with Gasteiger partial charge in [-0.15, -0.1) is 11.3 Å². The molecule has 5 rings (SSSR count). The number of nitrogens with zero attached hydrogens (tertiary/aromatic N) is 3. The standard InChI is InChI=1S/C25H28N4O2S/c1-3-17-8-6-11-19(14-17)29-23(30)21-15-20(22-12-7-13-32-22)27-28(21)16-25(29,2)24(31)26-18-9-4-5-10-18/h6-8,11-15,18H,3-5,9-10,16H2,1-2H3,(H,26,31)/t25-/m1/s1. The molecule has 2 aromatic heterocycles. The largest absolute Gasteiger partial charge is 0.351 e. The molecule has 0 unspecified atom stereocenters. The average Bonchev–Trinajstić information content (AvgIpc) is 3.55. The number of hydrogen-bond donors (Lipinski definition) is 1. The van der Waals surface area contributed by atoms with Gasteiger partial charge in [0.1, 0.15) is 16.9 Å². The molecule has 0 radical (unpaired) electrons. The maximum atomic E-state index is 13.8. The number of rotatable bonds is 5. The van der Waals surface area contributed by atoms with Gasteiger partial charge >= 0.3 is 0 Å². The van der Waals surface area contributed by atoms with Gasteiger partial charge in [-0.2, -0.15) is 5.10 Å². The lowest BCUT2D eigenvalue weighted by atomic mass is 9.93. The molecule has 1 aromatic carbocycles. The van der Waals surface area contributed by atoms with E-state index >= 15 is 0 Å². The number of aryl methyl sites for hydroxylation is 1. The summed E-state index contributed by atoms with van der Waals surface area (Å²) in [7, 11) is 0. The van der Waals surface area contributed by atoms with Crippen molar-refractivity contribution in [3.05, 3.63) is 59.1 Å². The Balaban J connectivity index is 1.59. The van der Waals surface area contributed by atoms with Crippen LogP contribution in [0.25, 0.3) is 10.6 Å². The van der Waals surface area contributed by atoms with Gasteiger partial charge in [-0.05, 0) is 61.4 Å². The van der Waals surface area contributed by atoms with Crippen molar-refractivity contribution in [3.8, 4) is 10.6 Å². The van der Waals surface area contributed by atoms with Gasteiger partial charge in [0.05, 0.1) is 11.4 Å². The summed E-state index contributed by atoms with van der Waals surface area (Å²) in [5.74, 6) is -0.303. The molecule has 6 nitrogen and oxygen atoms in total. The second kappa shape index (κ2) is 8.20. The Kier molecular flexibility index (Phi) is 5.37. The summed E-state index contributed by atoms with van der Waals surface area (Å²) < 4.78 is 1.71. The van der Waals surface area contributed by atoms with Crippen molar-refractivity contribution in [3.63, 3.8) is 0 Å². The Bertz CT molecular complexity index is 1150. The monoisotopic (exact) mass is 448 g/mol. The van der Waals surface area contributed by atoms with Crippen molar-refractivity contribution < 1.29 is 9.59 Å². The van der Waals surface area contributed by atoms with E-state index in [0.29, 0.717) is 12.2 Å². The van der Waals surface area contributed by atoms with E-state index in [-0.39, 0.29) is 17.9 Å². The van der Waals surface area contributed by atoms with E-state index in [0.717, 1.165) is 53.9 Å². The summed E-state index contributed by atoms with van der Waals surface area (Å²) in [4.78, 5) is 30.2. The molecule has 7 heteroatoms. The first-order valence-electron chi connectivity index (χ1n) is 11.4. The highest BCUT2D eigenvalue weighted by Gasteiger charge is 2.49. The van der Waals surface area contributed by atoms with Gasteiger partial charge in [-0.3, -0.25) is 19.2 Å². The molecule has 32 heavy (non-hydrogen) atoms. The van der Waals surface area contributed by atoms with Crippen LogP contribution in [0.1, 0.15) is 55.6 Å². The summed E-state index contributed by atoms with van der Waals surface area (Å²) in [5, 5.41) is 9.94. The van der Waals surface area contributed by atoms with Crippen molar-refractivity contribution in [2.45, 2.75) is 64.1 Å². The Hall–Kier alpha value is -2.93. The Morgan fingerprint density at radius 2 is 2.03 bits per heavy atom. The highest BCUT2D eigenvalue weighted by Crippen LogP contribution is 2.35. The van der Waals surface area contributed by atoms with Crippen molar-refractivity contribution in [2.75, 3.05) is 4.90 Å². The molecule has 1 atom stereocenters. The van der Waals surface area contributed by atoms with Gasteiger partial charge in [-0.1, -0.05) is 38.0 Å². The van der Waals surface area contributed by atoms with Crippen LogP contribution < -0.4 is 10.2 Å². The maximum absolute atomic E-state index is 13.8. The molecule has 3 heterocycles. The molecule has 2 amide bonds. The number of hydrogen-bond acceptors (Lipinski definition) is 4. The average molecular weight is 449 g/mol. The van der Waals surface area contributed by atoms with Crippen molar-refractivity contribution in [2.24, 2.45) is 0 Å². The molecule has 166 valence electrons. The number of carbonyl (C=O) groups is 2. The molecule has 1 aliphatic carbocycles. The predicted molar refractivity (Wildman–Crippen MR) is 127 cm³/mol. The molecular formula is C25H28N4O2S. The minimum atomic E-state index is -1.07. The minimum absolute atomic E-state index is 0.113. The van der Waals surface area contributed by atoms with Gasteiger partial charge in [0.15, 0.2) is 0 Å². The van der Waals surface area contributed by atoms with Crippen LogP contribution in [0.15, 0.2) is 47.8 Å². The van der Waals surface area contributed by atoms with E-state index in [1.165, 1.54) is 0 Å². The van der Waals surface area contributed by atoms with Crippen molar-refractivity contribution >= 4 is 28.8 Å². The Morgan fingerprint density at radius 3 is 2.75 bits per heavy atom. The number of benzene rings is 1. The third kappa shape index (κ3) is 3.54. The number of fused-ring (bicyclic) bond motifs is 1. The normalized spacial score (nSPS) is 21.1. The molecule has 0 bridgehead atoms. The quantitative estimate of drug-likeness (QED) is 0.618. The van der Waals surface area contributed by atoms with Crippen molar-refractivity contribution in [1.29, 1.82) is 0 Å². The zero-order chi connectivity index (χ0) is 22.3. The molecule has 0 saturated heterocycles. The summed E-state index contributed by atoms with van der Waals surface area (Å²) in [6.45, 7) is 4.27. The highest BCUT2D eigenvalue weighted by molar-refractivity contribution is 7.13. The molecule has 1 N–H and O–H groups in total. The van der Waals surface area contributed by atoms with Crippen LogP contribution in [0.2, 0.25) is 0 Å². The highest BCUT2D eigenvalue weighted by atomic mass is 32.1. The Labute approximate surface area is 192 Å². The predicted octanol–water partition coefficient (Wildman–Crippen LogP) is 4.65. The third-order valence-corrected chi connectivity index (χ3v) is 7.58. The SMILES string of the molecule is CCc1cccc(N2C(=O)c3cc(-c4cccs4)nn3C[C@]2(C)C(=O)NC2CCCC2)c1. The lowest BCUT2D eigenvalue weighted by molar-refractivity contribution is -0.127. The van der Waals surface area contributed by atoms with Crippen LogP contribution in [0.4, 0.5) is 5.69 Å². The van der Waals surface area contributed by atoms with Gasteiger partial charge in [0, 0.05) is 11.7 Å². The first-order valence-corrected chi connectivity index (χ1v) is 12.2. The van der Waals surface area contributed by atoms with Crippen molar-refractivity contribution in [1.82, 2.24) is 15.1 Å². The van der Waals surface area contributed by atoms with E-state index in [4.69, 9.17) is 5.10 Å². The van der Waals surface area contributed by atoms with Crippen LogP contribution >= 0.6 is 11.3 Å². The van der Waals surface area contributed by atoms with Gasteiger partial charge in [0.2, 0.25) is 5.91 Å². The number of thiophene rings is 1. The van der Waals surface area contributed by atoms with Crippen LogP contribution in [0.5, 0.6) is 0 Å². The van der Waals surface area contributed by atoms with Crippen LogP contribution in [0, 0.1) is 0 Å². The van der Waals surface area contributed by atoms with Crippen LogP contribution in [-0.4, -0.2) is 33.2 Å². The second-order valence-electron chi connectivity index (χ2n) is 8.94. The van der Waals surface area contributed by atoms with E-state index in [9.17, 15) is 9.59 Å². The first kappa shape index (κ1) is 20.9. The van der Waals surface area contributed by atoms with E-state index in [1.807, 2.05) is 54.8 Å². The van der Waals surface area contributed by atoms with Crippen LogP contribution in [0.3, 0.4) is 0 Å². The fourth-order valence-corrected chi connectivity index (χ4v) is 5.54.